The van der Waals surface area contributed by atoms with Crippen LogP contribution in [0.25, 0.3) is 21.6 Å². The van der Waals surface area contributed by atoms with E-state index in [-0.39, 0.29) is 5.91 Å². The average Bonchev–Trinajstić information content (AvgIpc) is 3.30. The van der Waals surface area contributed by atoms with Crippen molar-refractivity contribution in [2.24, 2.45) is 0 Å². The summed E-state index contributed by atoms with van der Waals surface area (Å²) in [7, 11) is 0. The predicted octanol–water partition coefficient (Wildman–Crippen LogP) is 5.45. The second kappa shape index (κ2) is 7.44. The number of carbonyl (C=O) groups excluding carboxylic acids is 1. The van der Waals surface area contributed by atoms with Crippen LogP contribution in [-0.4, -0.2) is 20.4 Å². The van der Waals surface area contributed by atoms with E-state index in [4.69, 9.17) is 9.97 Å². The SMILES string of the molecule is Cc1cc(C(=O)Nc2ccccc2-c2cccs2)c2nc3n(c2n1)CCCCC3. The van der Waals surface area contributed by atoms with Crippen molar-refractivity contribution in [2.75, 3.05) is 5.32 Å². The van der Waals surface area contributed by atoms with Crippen molar-refractivity contribution >= 4 is 34.1 Å². The number of rotatable bonds is 3. The van der Waals surface area contributed by atoms with Gasteiger partial charge in [-0.25, -0.2) is 9.97 Å². The summed E-state index contributed by atoms with van der Waals surface area (Å²) in [4.78, 5) is 24.0. The number of pyridine rings is 1. The van der Waals surface area contributed by atoms with Gasteiger partial charge in [0.15, 0.2) is 5.65 Å². The Hall–Kier alpha value is -2.99. The molecule has 0 saturated heterocycles. The van der Waals surface area contributed by atoms with Crippen LogP contribution >= 0.6 is 11.3 Å². The zero-order valence-electron chi connectivity index (χ0n) is 16.3. The van der Waals surface area contributed by atoms with Gasteiger partial charge in [0.1, 0.15) is 11.3 Å². The van der Waals surface area contributed by atoms with Gasteiger partial charge in [0.05, 0.1) is 5.56 Å². The first-order valence-corrected chi connectivity index (χ1v) is 10.9. The number of aromatic nitrogens is 3. The molecular formula is C23H22N4OS. The Bertz CT molecular complexity index is 1190. The van der Waals surface area contributed by atoms with Crippen molar-refractivity contribution in [3.8, 4) is 10.4 Å². The highest BCUT2D eigenvalue weighted by atomic mass is 32.1. The van der Waals surface area contributed by atoms with E-state index in [1.165, 1.54) is 6.42 Å². The van der Waals surface area contributed by atoms with E-state index in [2.05, 4.69) is 16.0 Å². The summed E-state index contributed by atoms with van der Waals surface area (Å²) in [6.07, 6.45) is 4.42. The van der Waals surface area contributed by atoms with Crippen LogP contribution in [0.2, 0.25) is 0 Å². The number of benzene rings is 1. The number of anilines is 1. The normalized spacial score (nSPS) is 13.8. The van der Waals surface area contributed by atoms with Gasteiger partial charge in [-0.1, -0.05) is 30.7 Å². The number of nitrogens with zero attached hydrogens (tertiary/aromatic N) is 3. The lowest BCUT2D eigenvalue weighted by molar-refractivity contribution is 0.102. The Kier molecular flexibility index (Phi) is 4.64. The first-order chi connectivity index (χ1) is 14.2. The second-order valence-electron chi connectivity index (χ2n) is 7.45. The number of imidazole rings is 1. The maximum Gasteiger partial charge on any atom is 0.258 e. The van der Waals surface area contributed by atoms with Crippen molar-refractivity contribution in [1.82, 2.24) is 14.5 Å². The molecule has 1 aromatic carbocycles. The van der Waals surface area contributed by atoms with E-state index in [0.717, 1.165) is 59.1 Å². The highest BCUT2D eigenvalue weighted by Crippen LogP contribution is 2.32. The zero-order valence-corrected chi connectivity index (χ0v) is 17.1. The molecule has 0 bridgehead atoms. The lowest BCUT2D eigenvalue weighted by atomic mass is 10.1. The summed E-state index contributed by atoms with van der Waals surface area (Å²) in [5.74, 6) is 0.904. The summed E-state index contributed by atoms with van der Waals surface area (Å²) in [6.45, 7) is 2.86. The quantitative estimate of drug-likeness (QED) is 0.496. The number of aryl methyl sites for hydroxylation is 3. The van der Waals surface area contributed by atoms with Gasteiger partial charge in [-0.2, -0.15) is 0 Å². The first-order valence-electron chi connectivity index (χ1n) is 10.0. The van der Waals surface area contributed by atoms with Crippen LogP contribution in [0.15, 0.2) is 47.8 Å². The smallest absolute Gasteiger partial charge is 0.258 e. The number of nitrogens with one attached hydrogen (secondary N) is 1. The molecule has 5 rings (SSSR count). The minimum absolute atomic E-state index is 0.141. The topological polar surface area (TPSA) is 59.8 Å². The predicted molar refractivity (Wildman–Crippen MR) is 118 cm³/mol. The van der Waals surface area contributed by atoms with Crippen molar-refractivity contribution < 1.29 is 4.79 Å². The third kappa shape index (κ3) is 3.34. The van der Waals surface area contributed by atoms with Crippen LogP contribution < -0.4 is 5.32 Å². The Morgan fingerprint density at radius 2 is 2.00 bits per heavy atom. The van der Waals surface area contributed by atoms with Gasteiger partial charge < -0.3 is 9.88 Å². The third-order valence-electron chi connectivity index (χ3n) is 5.40. The first kappa shape index (κ1) is 18.1. The van der Waals surface area contributed by atoms with Gasteiger partial charge in [-0.3, -0.25) is 4.79 Å². The van der Waals surface area contributed by atoms with Crippen LogP contribution in [0.1, 0.15) is 41.1 Å². The van der Waals surface area contributed by atoms with Gasteiger partial charge in [0, 0.05) is 34.8 Å². The summed E-state index contributed by atoms with van der Waals surface area (Å²) < 4.78 is 2.20. The number of hydrogen-bond acceptors (Lipinski definition) is 4. The highest BCUT2D eigenvalue weighted by Gasteiger charge is 2.21. The molecule has 29 heavy (non-hydrogen) atoms. The van der Waals surface area contributed by atoms with Gasteiger partial charge in [-0.15, -0.1) is 11.3 Å². The summed E-state index contributed by atoms with van der Waals surface area (Å²) >= 11 is 1.66. The van der Waals surface area contributed by atoms with E-state index in [0.29, 0.717) is 11.1 Å². The molecule has 1 N–H and O–H groups in total. The summed E-state index contributed by atoms with van der Waals surface area (Å²) in [6, 6.07) is 13.8. The van der Waals surface area contributed by atoms with E-state index < -0.39 is 0 Å². The van der Waals surface area contributed by atoms with Crippen molar-refractivity contribution in [3.05, 3.63) is 64.9 Å². The molecule has 6 heteroatoms. The Labute approximate surface area is 173 Å². The molecule has 0 saturated carbocycles. The number of fused-ring (bicyclic) bond motifs is 3. The fourth-order valence-electron chi connectivity index (χ4n) is 4.02. The zero-order chi connectivity index (χ0) is 19.8. The van der Waals surface area contributed by atoms with E-state index in [1.807, 2.05) is 48.7 Å². The largest absolute Gasteiger partial charge is 0.321 e. The number of para-hydroxylation sites is 1. The molecule has 0 fully saturated rings. The molecule has 1 aliphatic rings. The molecule has 3 aromatic heterocycles. The van der Waals surface area contributed by atoms with Gasteiger partial charge in [0.25, 0.3) is 5.91 Å². The van der Waals surface area contributed by atoms with Crippen molar-refractivity contribution in [1.29, 1.82) is 0 Å². The number of hydrogen-bond donors (Lipinski definition) is 1. The highest BCUT2D eigenvalue weighted by molar-refractivity contribution is 7.13. The van der Waals surface area contributed by atoms with Crippen LogP contribution in [0.5, 0.6) is 0 Å². The van der Waals surface area contributed by atoms with Crippen LogP contribution in [0.3, 0.4) is 0 Å². The van der Waals surface area contributed by atoms with E-state index >= 15 is 0 Å². The maximum absolute atomic E-state index is 13.3. The second-order valence-corrected chi connectivity index (χ2v) is 8.40. The molecule has 5 nitrogen and oxygen atoms in total. The summed E-state index contributed by atoms with van der Waals surface area (Å²) in [5.41, 5.74) is 4.80. The Balaban J connectivity index is 1.56. The van der Waals surface area contributed by atoms with Crippen LogP contribution in [-0.2, 0) is 13.0 Å². The van der Waals surface area contributed by atoms with Crippen LogP contribution in [0.4, 0.5) is 5.69 Å². The maximum atomic E-state index is 13.3. The summed E-state index contributed by atoms with van der Waals surface area (Å²) in [5, 5.41) is 5.16. The minimum Gasteiger partial charge on any atom is -0.321 e. The number of carbonyl (C=O) groups is 1. The standard InChI is InChI=1S/C23H22N4OS/c1-15-14-17(21-22(24-15)27-12-6-2-3-11-20(27)26-21)23(28)25-18-9-5-4-8-16(18)19-10-7-13-29-19/h4-5,7-10,13-14H,2-3,6,11-12H2,1H3,(H,25,28). The molecule has 0 atom stereocenters. The molecule has 4 aromatic rings. The third-order valence-corrected chi connectivity index (χ3v) is 6.30. The number of amides is 1. The fourth-order valence-corrected chi connectivity index (χ4v) is 4.78. The minimum atomic E-state index is -0.141. The van der Waals surface area contributed by atoms with Gasteiger partial charge >= 0.3 is 0 Å². The molecule has 4 heterocycles. The monoisotopic (exact) mass is 402 g/mol. The average molecular weight is 403 g/mol. The Morgan fingerprint density at radius 3 is 2.86 bits per heavy atom. The molecule has 1 amide bonds. The molecule has 1 aliphatic heterocycles. The lowest BCUT2D eigenvalue weighted by Gasteiger charge is -2.11. The molecule has 0 aliphatic carbocycles. The Morgan fingerprint density at radius 1 is 1.10 bits per heavy atom. The fraction of sp³-hybridized carbons (Fsp3) is 0.261. The van der Waals surface area contributed by atoms with E-state index in [1.54, 1.807) is 11.3 Å². The molecule has 146 valence electrons. The van der Waals surface area contributed by atoms with Gasteiger partial charge in [-0.05, 0) is 43.3 Å². The van der Waals surface area contributed by atoms with Gasteiger partial charge in [0.2, 0.25) is 0 Å². The molecular weight excluding hydrogens is 380 g/mol. The van der Waals surface area contributed by atoms with Crippen molar-refractivity contribution in [3.63, 3.8) is 0 Å². The molecule has 0 unspecified atom stereocenters. The molecule has 0 radical (unpaired) electrons. The van der Waals surface area contributed by atoms with E-state index in [9.17, 15) is 4.79 Å². The van der Waals surface area contributed by atoms with Crippen molar-refractivity contribution in [2.45, 2.75) is 39.2 Å². The lowest BCUT2D eigenvalue weighted by Crippen LogP contribution is -2.14. The number of thiophene rings is 1. The van der Waals surface area contributed by atoms with Crippen LogP contribution in [0, 0.1) is 6.92 Å². The molecule has 0 spiro atoms.